The molecule has 0 bridgehead atoms. The molecule has 11 nitrogen and oxygen atoms in total. The lowest BCUT2D eigenvalue weighted by Gasteiger charge is -2.50. The fourth-order valence-corrected chi connectivity index (χ4v) is 8.66. The molecule has 3 fully saturated rings. The van der Waals surface area contributed by atoms with E-state index in [2.05, 4.69) is 10.7 Å². The number of nitrogens with one attached hydrogen (secondary N) is 2. The van der Waals surface area contributed by atoms with Crippen LogP contribution >= 0.6 is 23.2 Å². The van der Waals surface area contributed by atoms with Gasteiger partial charge in [0.1, 0.15) is 5.75 Å². The number of halogens is 2. The molecule has 3 aromatic rings. The Hall–Kier alpha value is -4.74. The molecule has 1 saturated carbocycles. The van der Waals surface area contributed by atoms with Crippen molar-refractivity contribution in [3.8, 4) is 23.0 Å². The molecule has 2 saturated heterocycles. The van der Waals surface area contributed by atoms with Gasteiger partial charge in [-0.1, -0.05) is 47.0 Å². The van der Waals surface area contributed by atoms with E-state index in [1.54, 1.807) is 48.5 Å². The van der Waals surface area contributed by atoms with E-state index < -0.39 is 52.7 Å². The molecular weight excluding hydrogens is 661 g/mol. The number of aromatic hydroxyl groups is 1. The molecule has 0 spiro atoms. The first-order valence-electron chi connectivity index (χ1n) is 15.3. The summed E-state index contributed by atoms with van der Waals surface area (Å²) in [5, 5.41) is 14.9. The second kappa shape index (κ2) is 11.7. The van der Waals surface area contributed by atoms with E-state index in [0.717, 1.165) is 10.6 Å². The molecule has 2 aliphatic heterocycles. The van der Waals surface area contributed by atoms with Crippen LogP contribution in [0.2, 0.25) is 10.0 Å². The average molecular weight is 693 g/mol. The zero-order valence-corrected chi connectivity index (χ0v) is 27.6. The smallest absolute Gasteiger partial charge is 0.260 e. The van der Waals surface area contributed by atoms with Crippen molar-refractivity contribution in [2.24, 2.45) is 23.7 Å². The number of anilines is 1. The van der Waals surface area contributed by atoms with Gasteiger partial charge in [-0.05, 0) is 72.4 Å². The number of fused-ring (bicyclic) bond motifs is 4. The van der Waals surface area contributed by atoms with Crippen molar-refractivity contribution < 1.29 is 38.5 Å². The van der Waals surface area contributed by atoms with Crippen molar-refractivity contribution >= 4 is 52.5 Å². The number of phenolic OH excluding ortho intramolecular Hbond substituents is 1. The standard InChI is InChI=1S/C35H31Cl2N3O8/c1-46-19-7-4-17(5-8-19)35-23(33(44)40(34(35)45)39-25-11-6-18(36)14-24(25)37)15-22-20(9-10-21-28(22)32(43)38-31(21)42)29(35)16-12-26(47-2)30(41)27(13-16)48-3/h4-9,11-14,21-23,28-29,39,41H,10,15H2,1-3H3,(H,38,42,43)/t21-,22+,23-,28-,29-,35+/m0/s1. The molecule has 248 valence electrons. The predicted molar refractivity (Wildman–Crippen MR) is 175 cm³/mol. The fourth-order valence-electron chi connectivity index (χ4n) is 8.21. The third kappa shape index (κ3) is 4.55. The normalized spacial score (nSPS) is 27.5. The van der Waals surface area contributed by atoms with Crippen LogP contribution in [0.25, 0.3) is 0 Å². The van der Waals surface area contributed by atoms with Crippen molar-refractivity contribution in [1.82, 2.24) is 10.3 Å². The lowest BCUT2D eigenvalue weighted by molar-refractivity contribution is -0.138. The lowest BCUT2D eigenvalue weighted by atomic mass is 9.49. The second-order valence-electron chi connectivity index (χ2n) is 12.3. The molecule has 0 aromatic heterocycles. The number of carbonyl (C=O) groups excluding carboxylic acids is 4. The Labute approximate surface area is 285 Å². The Kier molecular flexibility index (Phi) is 7.79. The Morgan fingerprint density at radius 3 is 2.21 bits per heavy atom. The summed E-state index contributed by atoms with van der Waals surface area (Å²) >= 11 is 12.6. The highest BCUT2D eigenvalue weighted by atomic mass is 35.5. The zero-order valence-electron chi connectivity index (χ0n) is 26.1. The van der Waals surface area contributed by atoms with Crippen molar-refractivity contribution in [2.45, 2.75) is 24.2 Å². The average Bonchev–Trinajstić information content (AvgIpc) is 3.49. The van der Waals surface area contributed by atoms with Gasteiger partial charge in [0.2, 0.25) is 17.6 Å². The number of hydrogen-bond donors (Lipinski definition) is 3. The predicted octanol–water partition coefficient (Wildman–Crippen LogP) is 5.00. The van der Waals surface area contributed by atoms with Crippen molar-refractivity contribution in [3.63, 3.8) is 0 Å². The Balaban J connectivity index is 1.51. The van der Waals surface area contributed by atoms with E-state index >= 15 is 4.79 Å². The molecule has 3 aromatic carbocycles. The van der Waals surface area contributed by atoms with E-state index in [0.29, 0.717) is 21.9 Å². The topological polar surface area (TPSA) is 144 Å². The van der Waals surface area contributed by atoms with E-state index in [1.807, 2.05) is 6.08 Å². The third-order valence-electron chi connectivity index (χ3n) is 10.3. The Morgan fingerprint density at radius 2 is 1.58 bits per heavy atom. The number of hydrazine groups is 1. The number of imide groups is 2. The number of rotatable bonds is 7. The largest absolute Gasteiger partial charge is 0.502 e. The van der Waals surface area contributed by atoms with Gasteiger partial charge in [0.05, 0.1) is 55.2 Å². The van der Waals surface area contributed by atoms with Gasteiger partial charge in [0.15, 0.2) is 11.5 Å². The summed E-state index contributed by atoms with van der Waals surface area (Å²) in [7, 11) is 4.32. The number of carbonyl (C=O) groups is 4. The molecule has 4 aliphatic rings. The SMILES string of the molecule is COc1ccc([C@@]23C(=O)N(Nc4ccc(Cl)cc4Cl)C(=O)[C@@H]2C[C@@H]2C(=CC[C@@H]4C(=O)NC(=O)[C@@H]42)[C@@H]3c2cc(OC)c(O)c(OC)c2)cc1. The van der Waals surface area contributed by atoms with Gasteiger partial charge in [-0.3, -0.25) is 29.9 Å². The summed E-state index contributed by atoms with van der Waals surface area (Å²) in [6.45, 7) is 0. The summed E-state index contributed by atoms with van der Waals surface area (Å²) in [5.74, 6) is -5.11. The number of methoxy groups -OCH3 is 3. The van der Waals surface area contributed by atoms with Gasteiger partial charge in [-0.2, -0.15) is 5.01 Å². The van der Waals surface area contributed by atoms with Crippen LogP contribution in [0.4, 0.5) is 5.69 Å². The molecule has 0 unspecified atom stereocenters. The molecular formula is C35H31Cl2N3O8. The first-order valence-corrected chi connectivity index (χ1v) is 16.0. The maximum absolute atomic E-state index is 15.3. The summed E-state index contributed by atoms with van der Waals surface area (Å²) in [4.78, 5) is 56.2. The molecule has 48 heavy (non-hydrogen) atoms. The van der Waals surface area contributed by atoms with Crippen LogP contribution in [0.1, 0.15) is 29.9 Å². The van der Waals surface area contributed by atoms with Crippen LogP contribution in [0, 0.1) is 23.7 Å². The van der Waals surface area contributed by atoms with E-state index in [1.165, 1.54) is 27.4 Å². The van der Waals surface area contributed by atoms with Crippen molar-refractivity contribution in [1.29, 1.82) is 0 Å². The first-order chi connectivity index (χ1) is 23.0. The minimum Gasteiger partial charge on any atom is -0.502 e. The highest BCUT2D eigenvalue weighted by molar-refractivity contribution is 6.36. The van der Waals surface area contributed by atoms with Gasteiger partial charge in [-0.25, -0.2) is 0 Å². The maximum atomic E-state index is 15.3. The molecule has 3 N–H and O–H groups in total. The Bertz CT molecular complexity index is 1890. The van der Waals surface area contributed by atoms with Crippen LogP contribution in [-0.4, -0.2) is 55.1 Å². The number of amides is 4. The van der Waals surface area contributed by atoms with Crippen LogP contribution in [-0.2, 0) is 24.6 Å². The van der Waals surface area contributed by atoms with E-state index in [-0.39, 0.29) is 46.7 Å². The monoisotopic (exact) mass is 691 g/mol. The fraction of sp³-hybridized carbons (Fsp3) is 0.314. The molecule has 0 radical (unpaired) electrons. The summed E-state index contributed by atoms with van der Waals surface area (Å²) < 4.78 is 16.5. The minimum absolute atomic E-state index is 0.0932. The van der Waals surface area contributed by atoms with Crippen LogP contribution < -0.4 is 25.0 Å². The highest BCUT2D eigenvalue weighted by Crippen LogP contribution is 2.64. The van der Waals surface area contributed by atoms with E-state index in [4.69, 9.17) is 37.4 Å². The molecule has 6 atom stereocenters. The summed E-state index contributed by atoms with van der Waals surface area (Å²) in [5.41, 5.74) is 3.44. The number of hydrogen-bond acceptors (Lipinski definition) is 9. The Morgan fingerprint density at radius 1 is 0.896 bits per heavy atom. The van der Waals surface area contributed by atoms with Gasteiger partial charge >= 0.3 is 0 Å². The number of allylic oxidation sites excluding steroid dienone is 2. The number of ether oxygens (including phenoxy) is 3. The van der Waals surface area contributed by atoms with Crippen molar-refractivity contribution in [2.75, 3.05) is 26.8 Å². The summed E-state index contributed by atoms with van der Waals surface area (Å²) in [6, 6.07) is 14.8. The molecule has 7 rings (SSSR count). The number of phenols is 1. The molecule has 2 heterocycles. The van der Waals surface area contributed by atoms with Crippen LogP contribution in [0.3, 0.4) is 0 Å². The van der Waals surface area contributed by atoms with Gasteiger partial charge in [-0.15, -0.1) is 0 Å². The number of benzene rings is 3. The molecule has 2 aliphatic carbocycles. The first kappa shape index (κ1) is 31.8. The third-order valence-corrected chi connectivity index (χ3v) is 10.8. The van der Waals surface area contributed by atoms with Crippen LogP contribution in [0.5, 0.6) is 23.0 Å². The quantitative estimate of drug-likeness (QED) is 0.230. The number of nitrogens with zero attached hydrogens (tertiary/aromatic N) is 1. The maximum Gasteiger partial charge on any atom is 0.260 e. The van der Waals surface area contributed by atoms with Gasteiger partial charge in [0, 0.05) is 10.9 Å². The second-order valence-corrected chi connectivity index (χ2v) is 13.2. The summed E-state index contributed by atoms with van der Waals surface area (Å²) in [6.07, 6.45) is 2.30. The van der Waals surface area contributed by atoms with Gasteiger partial charge in [0.25, 0.3) is 11.8 Å². The highest BCUT2D eigenvalue weighted by Gasteiger charge is 2.70. The lowest BCUT2D eigenvalue weighted by Crippen LogP contribution is -2.53. The zero-order chi connectivity index (χ0) is 34.1. The minimum atomic E-state index is -1.57. The molecule has 13 heteroatoms. The van der Waals surface area contributed by atoms with Crippen LogP contribution in [0.15, 0.2) is 66.2 Å². The van der Waals surface area contributed by atoms with E-state index in [9.17, 15) is 19.5 Å². The van der Waals surface area contributed by atoms with Gasteiger partial charge < -0.3 is 19.3 Å². The van der Waals surface area contributed by atoms with Crippen molar-refractivity contribution in [3.05, 3.63) is 87.4 Å². The molecule has 4 amide bonds.